The SMILES string of the molecule is CCCn1cc(C=O)c(-c2cc(C)c(OC)cc2C)n1. The normalized spacial score (nSPS) is 10.6. The van der Waals surface area contributed by atoms with Crippen molar-refractivity contribution in [3.8, 4) is 17.0 Å². The van der Waals surface area contributed by atoms with Gasteiger partial charge < -0.3 is 4.74 Å². The molecule has 0 aliphatic carbocycles. The summed E-state index contributed by atoms with van der Waals surface area (Å²) in [5.41, 5.74) is 4.45. The Hall–Kier alpha value is -2.10. The highest BCUT2D eigenvalue weighted by Crippen LogP contribution is 2.30. The lowest BCUT2D eigenvalue weighted by atomic mass is 10.00. The van der Waals surface area contributed by atoms with Gasteiger partial charge in [0.15, 0.2) is 6.29 Å². The Morgan fingerprint density at radius 1 is 1.30 bits per heavy atom. The van der Waals surface area contributed by atoms with Crippen molar-refractivity contribution in [1.29, 1.82) is 0 Å². The topological polar surface area (TPSA) is 44.1 Å². The Labute approximate surface area is 119 Å². The molecule has 0 saturated heterocycles. The number of nitrogens with zero attached hydrogens (tertiary/aromatic N) is 2. The molecule has 0 bridgehead atoms. The van der Waals surface area contributed by atoms with Crippen molar-refractivity contribution in [2.45, 2.75) is 33.7 Å². The highest BCUT2D eigenvalue weighted by Gasteiger charge is 2.14. The Morgan fingerprint density at radius 2 is 2.05 bits per heavy atom. The summed E-state index contributed by atoms with van der Waals surface area (Å²) in [4.78, 5) is 11.3. The summed E-state index contributed by atoms with van der Waals surface area (Å²) in [7, 11) is 1.66. The Morgan fingerprint density at radius 3 is 2.65 bits per heavy atom. The molecule has 0 saturated carbocycles. The molecule has 2 aromatic rings. The summed E-state index contributed by atoms with van der Waals surface area (Å²) in [6, 6.07) is 4.01. The number of aldehydes is 1. The first-order valence-corrected chi connectivity index (χ1v) is 6.79. The Bertz CT molecular complexity index is 630. The van der Waals surface area contributed by atoms with Crippen LogP contribution in [0.25, 0.3) is 11.3 Å². The van der Waals surface area contributed by atoms with Crippen LogP contribution in [0.4, 0.5) is 0 Å². The fraction of sp³-hybridized carbons (Fsp3) is 0.375. The van der Waals surface area contributed by atoms with Gasteiger partial charge >= 0.3 is 0 Å². The lowest BCUT2D eigenvalue weighted by Crippen LogP contribution is -1.97. The van der Waals surface area contributed by atoms with E-state index < -0.39 is 0 Å². The van der Waals surface area contributed by atoms with Crippen LogP contribution in [0.1, 0.15) is 34.8 Å². The lowest BCUT2D eigenvalue weighted by Gasteiger charge is -2.10. The van der Waals surface area contributed by atoms with Crippen LogP contribution < -0.4 is 4.74 Å². The molecule has 0 aliphatic rings. The summed E-state index contributed by atoms with van der Waals surface area (Å²) in [6.07, 6.45) is 3.67. The number of carbonyl (C=O) groups excluding carboxylic acids is 1. The number of hydrogen-bond donors (Lipinski definition) is 0. The minimum absolute atomic E-state index is 0.631. The van der Waals surface area contributed by atoms with Gasteiger partial charge in [-0.05, 0) is 43.5 Å². The zero-order valence-electron chi connectivity index (χ0n) is 12.4. The molecule has 20 heavy (non-hydrogen) atoms. The molecular formula is C16H20N2O2. The third kappa shape index (κ3) is 2.59. The van der Waals surface area contributed by atoms with Gasteiger partial charge in [-0.25, -0.2) is 0 Å². The van der Waals surface area contributed by atoms with E-state index in [9.17, 15) is 4.79 Å². The largest absolute Gasteiger partial charge is 0.496 e. The van der Waals surface area contributed by atoms with Crippen LogP contribution >= 0.6 is 0 Å². The molecule has 0 amide bonds. The van der Waals surface area contributed by atoms with Crippen molar-refractivity contribution < 1.29 is 9.53 Å². The van der Waals surface area contributed by atoms with Gasteiger partial charge in [0.1, 0.15) is 11.4 Å². The third-order valence-corrected chi connectivity index (χ3v) is 3.37. The van der Waals surface area contributed by atoms with E-state index in [0.29, 0.717) is 5.56 Å². The average molecular weight is 272 g/mol. The van der Waals surface area contributed by atoms with Crippen LogP contribution in [0.3, 0.4) is 0 Å². The van der Waals surface area contributed by atoms with Crippen LogP contribution in [-0.2, 0) is 6.54 Å². The molecule has 0 atom stereocenters. The third-order valence-electron chi connectivity index (χ3n) is 3.37. The fourth-order valence-electron chi connectivity index (χ4n) is 2.34. The number of ether oxygens (including phenoxy) is 1. The molecule has 1 heterocycles. The van der Waals surface area contributed by atoms with Gasteiger partial charge in [-0.1, -0.05) is 6.92 Å². The molecule has 0 spiro atoms. The second-order valence-corrected chi connectivity index (χ2v) is 4.95. The zero-order chi connectivity index (χ0) is 14.7. The quantitative estimate of drug-likeness (QED) is 0.784. The molecule has 0 unspecified atom stereocenters. The van der Waals surface area contributed by atoms with Gasteiger partial charge in [0.05, 0.1) is 12.7 Å². The number of aryl methyl sites for hydroxylation is 3. The smallest absolute Gasteiger partial charge is 0.153 e. The molecule has 0 aliphatic heterocycles. The second-order valence-electron chi connectivity index (χ2n) is 4.95. The van der Waals surface area contributed by atoms with E-state index in [0.717, 1.165) is 47.4 Å². The van der Waals surface area contributed by atoms with E-state index in [2.05, 4.69) is 12.0 Å². The van der Waals surface area contributed by atoms with Crippen molar-refractivity contribution in [3.63, 3.8) is 0 Å². The monoisotopic (exact) mass is 272 g/mol. The first-order valence-electron chi connectivity index (χ1n) is 6.79. The molecule has 4 nitrogen and oxygen atoms in total. The van der Waals surface area contributed by atoms with Crippen LogP contribution in [0.2, 0.25) is 0 Å². The molecule has 1 aromatic heterocycles. The summed E-state index contributed by atoms with van der Waals surface area (Å²) in [5.74, 6) is 0.854. The van der Waals surface area contributed by atoms with Crippen molar-refractivity contribution in [3.05, 3.63) is 35.0 Å². The second kappa shape index (κ2) is 5.90. The summed E-state index contributed by atoms with van der Waals surface area (Å²) in [5, 5.41) is 4.54. The molecule has 0 radical (unpaired) electrons. The first-order chi connectivity index (χ1) is 9.60. The van der Waals surface area contributed by atoms with Crippen LogP contribution in [0.15, 0.2) is 18.3 Å². The van der Waals surface area contributed by atoms with Crippen LogP contribution in [0.5, 0.6) is 5.75 Å². The van der Waals surface area contributed by atoms with E-state index in [4.69, 9.17) is 4.74 Å². The molecule has 0 N–H and O–H groups in total. The first kappa shape index (κ1) is 14.3. The number of aromatic nitrogens is 2. The predicted octanol–water partition coefficient (Wildman–Crippen LogP) is 3.40. The number of carbonyl (C=O) groups is 1. The van der Waals surface area contributed by atoms with Crippen molar-refractivity contribution in [2.75, 3.05) is 7.11 Å². The van der Waals surface area contributed by atoms with Gasteiger partial charge in [0, 0.05) is 18.3 Å². The van der Waals surface area contributed by atoms with Crippen molar-refractivity contribution >= 4 is 6.29 Å². The van der Waals surface area contributed by atoms with E-state index in [1.54, 1.807) is 7.11 Å². The standard InChI is InChI=1S/C16H20N2O2/c1-5-6-18-9-13(10-19)16(17-18)14-7-12(3)15(20-4)8-11(14)2/h7-10H,5-6H2,1-4H3. The van der Waals surface area contributed by atoms with E-state index in [1.807, 2.05) is 36.9 Å². The maximum Gasteiger partial charge on any atom is 0.153 e. The number of benzene rings is 1. The molecule has 0 fully saturated rings. The van der Waals surface area contributed by atoms with Crippen molar-refractivity contribution in [1.82, 2.24) is 9.78 Å². The maximum absolute atomic E-state index is 11.3. The predicted molar refractivity (Wildman–Crippen MR) is 79.4 cm³/mol. The van der Waals surface area contributed by atoms with Crippen molar-refractivity contribution in [2.24, 2.45) is 0 Å². The number of methoxy groups -OCH3 is 1. The van der Waals surface area contributed by atoms with E-state index in [1.165, 1.54) is 0 Å². The van der Waals surface area contributed by atoms with Gasteiger partial charge in [-0.2, -0.15) is 5.10 Å². The Balaban J connectivity index is 2.55. The molecule has 1 aromatic carbocycles. The molecule has 4 heteroatoms. The minimum atomic E-state index is 0.631. The summed E-state index contributed by atoms with van der Waals surface area (Å²) >= 11 is 0. The number of hydrogen-bond acceptors (Lipinski definition) is 3. The molecular weight excluding hydrogens is 252 g/mol. The number of rotatable bonds is 5. The highest BCUT2D eigenvalue weighted by atomic mass is 16.5. The summed E-state index contributed by atoms with van der Waals surface area (Å²) < 4.78 is 7.15. The fourth-order valence-corrected chi connectivity index (χ4v) is 2.34. The summed E-state index contributed by atoms with van der Waals surface area (Å²) in [6.45, 7) is 6.90. The highest BCUT2D eigenvalue weighted by molar-refractivity contribution is 5.86. The molecule has 106 valence electrons. The van der Waals surface area contributed by atoms with Gasteiger partial charge in [-0.3, -0.25) is 9.48 Å². The maximum atomic E-state index is 11.3. The zero-order valence-corrected chi connectivity index (χ0v) is 12.4. The molecule has 2 rings (SSSR count). The van der Waals surface area contributed by atoms with Gasteiger partial charge in [-0.15, -0.1) is 0 Å². The van der Waals surface area contributed by atoms with Crippen LogP contribution in [0, 0.1) is 13.8 Å². The average Bonchev–Trinajstić information content (AvgIpc) is 2.84. The Kier molecular flexibility index (Phi) is 4.23. The minimum Gasteiger partial charge on any atom is -0.496 e. The van der Waals surface area contributed by atoms with E-state index >= 15 is 0 Å². The van der Waals surface area contributed by atoms with Crippen LogP contribution in [-0.4, -0.2) is 23.2 Å². The van der Waals surface area contributed by atoms with E-state index in [-0.39, 0.29) is 0 Å². The van der Waals surface area contributed by atoms with Gasteiger partial charge in [0.2, 0.25) is 0 Å². The lowest BCUT2D eigenvalue weighted by molar-refractivity contribution is 0.112. The van der Waals surface area contributed by atoms with Gasteiger partial charge in [0.25, 0.3) is 0 Å².